The quantitative estimate of drug-likeness (QED) is 0.663. The number of carbonyl (C=O) groups excluding carboxylic acids is 1. The van der Waals surface area contributed by atoms with Crippen molar-refractivity contribution in [3.05, 3.63) is 47.1 Å². The predicted molar refractivity (Wildman–Crippen MR) is 113 cm³/mol. The van der Waals surface area contributed by atoms with E-state index in [-0.39, 0.29) is 16.7 Å². The maximum atomic E-state index is 13.3. The van der Waals surface area contributed by atoms with Gasteiger partial charge < -0.3 is 9.64 Å². The van der Waals surface area contributed by atoms with Gasteiger partial charge in [-0.3, -0.25) is 9.89 Å². The van der Waals surface area contributed by atoms with Crippen LogP contribution in [-0.2, 0) is 14.8 Å². The summed E-state index contributed by atoms with van der Waals surface area (Å²) in [7, 11) is -3.60. The average molecular weight is 447 g/mol. The third-order valence-corrected chi connectivity index (χ3v) is 8.80. The molecule has 2 fully saturated rings. The highest BCUT2D eigenvalue weighted by atomic mass is 32.2. The molecule has 8 nitrogen and oxygen atoms in total. The van der Waals surface area contributed by atoms with Crippen molar-refractivity contribution in [3.8, 4) is 0 Å². The lowest BCUT2D eigenvalue weighted by atomic mass is 9.95. The number of hydrogen-bond donors (Lipinski definition) is 1. The molecule has 0 saturated carbocycles. The molecule has 1 amide bonds. The van der Waals surface area contributed by atoms with E-state index >= 15 is 0 Å². The van der Waals surface area contributed by atoms with Gasteiger partial charge in [0, 0.05) is 43.0 Å². The third kappa shape index (κ3) is 3.33. The normalized spacial score (nSPS) is 20.8. The van der Waals surface area contributed by atoms with Crippen molar-refractivity contribution >= 4 is 37.4 Å². The van der Waals surface area contributed by atoms with Gasteiger partial charge in [-0.05, 0) is 23.4 Å². The number of benzene rings is 1. The summed E-state index contributed by atoms with van der Waals surface area (Å²) in [6.07, 6.45) is 3.41. The first kappa shape index (κ1) is 19.7. The molecule has 3 aromatic rings. The van der Waals surface area contributed by atoms with Crippen LogP contribution in [0.1, 0.15) is 27.6 Å². The number of aromatic nitrogens is 2. The van der Waals surface area contributed by atoms with E-state index in [1.54, 1.807) is 0 Å². The summed E-state index contributed by atoms with van der Waals surface area (Å²) < 4.78 is 33.8. The van der Waals surface area contributed by atoms with Crippen molar-refractivity contribution in [2.24, 2.45) is 0 Å². The summed E-state index contributed by atoms with van der Waals surface area (Å²) >= 11 is 1.50. The lowest BCUT2D eigenvalue weighted by molar-refractivity contribution is 0.0305. The lowest BCUT2D eigenvalue weighted by Gasteiger charge is -2.27. The van der Waals surface area contributed by atoms with Crippen LogP contribution < -0.4 is 0 Å². The summed E-state index contributed by atoms with van der Waals surface area (Å²) in [5.74, 6) is -0.00606. The van der Waals surface area contributed by atoms with Gasteiger partial charge in [-0.15, -0.1) is 11.3 Å². The van der Waals surface area contributed by atoms with E-state index in [9.17, 15) is 13.2 Å². The number of H-pyrrole nitrogens is 1. The Hall–Kier alpha value is -2.27. The fraction of sp³-hybridized carbons (Fsp3) is 0.400. The van der Waals surface area contributed by atoms with Crippen LogP contribution in [0.4, 0.5) is 0 Å². The average Bonchev–Trinajstić information content (AvgIpc) is 3.53. The highest BCUT2D eigenvalue weighted by Gasteiger charge is 2.37. The van der Waals surface area contributed by atoms with E-state index in [4.69, 9.17) is 4.74 Å². The summed E-state index contributed by atoms with van der Waals surface area (Å²) in [4.78, 5) is 16.1. The summed E-state index contributed by atoms with van der Waals surface area (Å²) in [6, 6.07) is 7.99. The number of rotatable bonds is 4. The van der Waals surface area contributed by atoms with Gasteiger partial charge in [-0.1, -0.05) is 18.2 Å². The molecule has 158 valence electrons. The van der Waals surface area contributed by atoms with Crippen LogP contribution in [0.2, 0.25) is 0 Å². The number of carbonyl (C=O) groups is 1. The monoisotopic (exact) mass is 446 g/mol. The van der Waals surface area contributed by atoms with Crippen LogP contribution >= 0.6 is 11.3 Å². The molecular weight excluding hydrogens is 424 g/mol. The van der Waals surface area contributed by atoms with Gasteiger partial charge in [0.2, 0.25) is 10.0 Å². The molecule has 2 aromatic heterocycles. The highest BCUT2D eigenvalue weighted by Crippen LogP contribution is 2.41. The van der Waals surface area contributed by atoms with Crippen molar-refractivity contribution < 1.29 is 17.9 Å². The smallest absolute Gasteiger partial charge is 0.264 e. The molecule has 10 heteroatoms. The molecule has 2 aliphatic heterocycles. The fourth-order valence-corrected chi connectivity index (χ4v) is 6.92. The predicted octanol–water partition coefficient (Wildman–Crippen LogP) is 2.28. The molecule has 5 rings (SSSR count). The molecule has 2 saturated heterocycles. The molecule has 0 radical (unpaired) electrons. The first-order valence-electron chi connectivity index (χ1n) is 9.93. The Bertz CT molecular complexity index is 1170. The van der Waals surface area contributed by atoms with Crippen LogP contribution in [0.15, 0.2) is 41.6 Å². The number of nitrogens with one attached hydrogen (secondary N) is 1. The topological polar surface area (TPSA) is 95.6 Å². The maximum absolute atomic E-state index is 13.3. The van der Waals surface area contributed by atoms with Gasteiger partial charge in [0.1, 0.15) is 4.90 Å². The Kier molecular flexibility index (Phi) is 5.10. The van der Waals surface area contributed by atoms with E-state index in [1.165, 1.54) is 28.0 Å². The number of thiophene rings is 1. The lowest BCUT2D eigenvalue weighted by Crippen LogP contribution is -2.40. The van der Waals surface area contributed by atoms with Crippen molar-refractivity contribution in [2.75, 3.05) is 39.4 Å². The van der Waals surface area contributed by atoms with E-state index in [0.29, 0.717) is 45.8 Å². The van der Waals surface area contributed by atoms with E-state index < -0.39 is 10.0 Å². The minimum absolute atomic E-state index is 0.0191. The zero-order valence-electron chi connectivity index (χ0n) is 16.3. The highest BCUT2D eigenvalue weighted by molar-refractivity contribution is 7.89. The van der Waals surface area contributed by atoms with Crippen LogP contribution in [-0.4, -0.2) is 73.1 Å². The largest absolute Gasteiger partial charge is 0.378 e. The fourth-order valence-electron chi connectivity index (χ4n) is 4.25. The van der Waals surface area contributed by atoms with Gasteiger partial charge in [-0.25, -0.2) is 8.42 Å². The Labute approximate surface area is 178 Å². The van der Waals surface area contributed by atoms with Crippen LogP contribution in [0.5, 0.6) is 0 Å². The number of fused-ring (bicyclic) bond motifs is 1. The molecule has 4 heterocycles. The molecule has 0 spiro atoms. The minimum atomic E-state index is -3.60. The van der Waals surface area contributed by atoms with Crippen LogP contribution in [0.3, 0.4) is 0 Å². The van der Waals surface area contributed by atoms with Gasteiger partial charge in [0.05, 0.1) is 24.3 Å². The number of aromatic amines is 1. The van der Waals surface area contributed by atoms with Gasteiger partial charge in [0.15, 0.2) is 0 Å². The zero-order chi connectivity index (χ0) is 20.7. The number of hydrogen-bond acceptors (Lipinski definition) is 6. The van der Waals surface area contributed by atoms with Gasteiger partial charge in [-0.2, -0.15) is 9.40 Å². The van der Waals surface area contributed by atoms with E-state index in [2.05, 4.69) is 10.2 Å². The minimum Gasteiger partial charge on any atom is -0.378 e. The molecular formula is C20H22N4O4S2. The molecule has 1 atom stereocenters. The Balaban J connectivity index is 1.50. The molecule has 1 N–H and O–H groups in total. The van der Waals surface area contributed by atoms with Crippen LogP contribution in [0.25, 0.3) is 10.1 Å². The Morgan fingerprint density at radius 1 is 1.20 bits per heavy atom. The second-order valence-corrected chi connectivity index (χ2v) is 10.5. The number of ether oxygens (including phenoxy) is 1. The van der Waals surface area contributed by atoms with Gasteiger partial charge >= 0.3 is 0 Å². The van der Waals surface area contributed by atoms with Crippen molar-refractivity contribution in [2.45, 2.75) is 17.2 Å². The number of amides is 1. The molecule has 1 aromatic carbocycles. The second kappa shape index (κ2) is 7.77. The standard InChI is InChI=1S/C20H22N4O4S2/c25-20(23-7-9-28-10-8-23)19-18(16-3-1-2-4-17(16)29-19)14-5-6-24(13-14)30(26,27)15-11-21-22-12-15/h1-4,11-12,14H,5-10,13H2,(H,21,22)/t14-/m0/s1. The number of nitrogens with zero attached hydrogens (tertiary/aromatic N) is 3. The van der Waals surface area contributed by atoms with Crippen LogP contribution in [0, 0.1) is 0 Å². The molecule has 0 aliphatic carbocycles. The third-order valence-electron chi connectivity index (χ3n) is 5.80. The summed E-state index contributed by atoms with van der Waals surface area (Å²) in [6.45, 7) is 3.04. The van der Waals surface area contributed by atoms with Crippen molar-refractivity contribution in [1.29, 1.82) is 0 Å². The zero-order valence-corrected chi connectivity index (χ0v) is 17.9. The summed E-state index contributed by atoms with van der Waals surface area (Å²) in [5, 5.41) is 7.39. The Morgan fingerprint density at radius 3 is 2.77 bits per heavy atom. The van der Waals surface area contributed by atoms with Crippen molar-refractivity contribution in [3.63, 3.8) is 0 Å². The second-order valence-electron chi connectivity index (χ2n) is 7.53. The number of morpholine rings is 1. The molecule has 2 aliphatic rings. The SMILES string of the molecule is O=C(c1sc2ccccc2c1[C@H]1CCN(S(=O)(=O)c2cn[nH]c2)C1)N1CCOCC1. The van der Waals surface area contributed by atoms with E-state index in [0.717, 1.165) is 20.5 Å². The van der Waals surface area contributed by atoms with E-state index in [1.807, 2.05) is 29.2 Å². The first-order valence-corrected chi connectivity index (χ1v) is 12.2. The molecule has 0 bridgehead atoms. The summed E-state index contributed by atoms with van der Waals surface area (Å²) in [5.41, 5.74) is 0.983. The van der Waals surface area contributed by atoms with Crippen molar-refractivity contribution in [1.82, 2.24) is 19.4 Å². The molecule has 30 heavy (non-hydrogen) atoms. The first-order chi connectivity index (χ1) is 14.6. The molecule has 0 unspecified atom stereocenters. The maximum Gasteiger partial charge on any atom is 0.264 e. The van der Waals surface area contributed by atoms with Gasteiger partial charge in [0.25, 0.3) is 5.91 Å². The number of sulfonamides is 1. The Morgan fingerprint density at radius 2 is 2.00 bits per heavy atom.